The van der Waals surface area contributed by atoms with E-state index in [2.05, 4.69) is 59.6 Å². The molecule has 1 heterocycles. The molecule has 2 aromatic rings. The number of piperidine rings is 1. The lowest BCUT2D eigenvalue weighted by Gasteiger charge is -2.35. The van der Waals surface area contributed by atoms with E-state index in [4.69, 9.17) is 0 Å². The van der Waals surface area contributed by atoms with Crippen molar-refractivity contribution in [3.8, 4) is 0 Å². The van der Waals surface area contributed by atoms with Crippen LogP contribution in [0.15, 0.2) is 42.5 Å². The van der Waals surface area contributed by atoms with Crippen molar-refractivity contribution in [3.05, 3.63) is 48.0 Å². The Morgan fingerprint density at radius 1 is 1.04 bits per heavy atom. The third-order valence-corrected chi connectivity index (χ3v) is 5.63. The van der Waals surface area contributed by atoms with Crippen molar-refractivity contribution in [3.63, 3.8) is 0 Å². The molecule has 2 fully saturated rings. The topological polar surface area (TPSA) is 32.3 Å². The van der Waals surface area contributed by atoms with Gasteiger partial charge in [0.05, 0.1) is 0 Å². The maximum Gasteiger partial charge on any atom is 0.223 e. The molecule has 1 N–H and O–H groups in total. The first-order valence-corrected chi connectivity index (χ1v) is 9.24. The van der Waals surface area contributed by atoms with E-state index in [0.29, 0.717) is 12.1 Å². The predicted octanol–water partition coefficient (Wildman–Crippen LogP) is 3.89. The van der Waals surface area contributed by atoms with Gasteiger partial charge in [-0.3, -0.25) is 9.69 Å². The third kappa shape index (κ3) is 3.32. The third-order valence-electron chi connectivity index (χ3n) is 5.63. The fourth-order valence-electron chi connectivity index (χ4n) is 3.77. The Bertz CT molecular complexity index is 729. The lowest BCUT2D eigenvalue weighted by molar-refractivity contribution is -0.126. The Morgan fingerprint density at radius 3 is 2.46 bits per heavy atom. The number of rotatable bonds is 4. The molecular weight excluding hydrogens is 296 g/mol. The maximum absolute atomic E-state index is 12.2. The van der Waals surface area contributed by atoms with Crippen LogP contribution in [0.25, 0.3) is 10.8 Å². The van der Waals surface area contributed by atoms with Gasteiger partial charge in [-0.1, -0.05) is 36.4 Å². The first-order valence-electron chi connectivity index (χ1n) is 9.24. The van der Waals surface area contributed by atoms with Gasteiger partial charge in [-0.2, -0.15) is 0 Å². The van der Waals surface area contributed by atoms with E-state index in [0.717, 1.165) is 25.9 Å². The summed E-state index contributed by atoms with van der Waals surface area (Å²) in [6.45, 7) is 4.31. The minimum Gasteiger partial charge on any atom is -0.353 e. The second-order valence-electron chi connectivity index (χ2n) is 7.38. The normalized spacial score (nSPS) is 20.9. The summed E-state index contributed by atoms with van der Waals surface area (Å²) >= 11 is 0. The fourth-order valence-corrected chi connectivity index (χ4v) is 3.77. The number of carbonyl (C=O) groups excluding carboxylic acids is 1. The fraction of sp³-hybridized carbons (Fsp3) is 0.476. The number of fused-ring (bicyclic) bond motifs is 1. The molecule has 4 rings (SSSR count). The van der Waals surface area contributed by atoms with Crippen LogP contribution in [0.5, 0.6) is 0 Å². The summed E-state index contributed by atoms with van der Waals surface area (Å²) in [6, 6.07) is 16.2. The average molecular weight is 322 g/mol. The molecule has 2 aromatic carbocycles. The van der Waals surface area contributed by atoms with Crippen LogP contribution < -0.4 is 5.32 Å². The minimum absolute atomic E-state index is 0.214. The molecule has 2 aliphatic rings. The molecule has 0 unspecified atom stereocenters. The van der Waals surface area contributed by atoms with E-state index >= 15 is 0 Å². The van der Waals surface area contributed by atoms with Gasteiger partial charge >= 0.3 is 0 Å². The first-order chi connectivity index (χ1) is 11.7. The average Bonchev–Trinajstić information content (AvgIpc) is 3.45. The molecule has 24 heavy (non-hydrogen) atoms. The largest absolute Gasteiger partial charge is 0.353 e. The molecule has 1 atom stereocenters. The van der Waals surface area contributed by atoms with Crippen LogP contribution in [0.2, 0.25) is 0 Å². The van der Waals surface area contributed by atoms with Gasteiger partial charge in [0.25, 0.3) is 0 Å². The first kappa shape index (κ1) is 15.6. The summed E-state index contributed by atoms with van der Waals surface area (Å²) in [5, 5.41) is 5.76. The van der Waals surface area contributed by atoms with E-state index in [9.17, 15) is 4.79 Å². The molecule has 3 nitrogen and oxygen atoms in total. The van der Waals surface area contributed by atoms with Gasteiger partial charge in [-0.15, -0.1) is 0 Å². The van der Waals surface area contributed by atoms with Crippen molar-refractivity contribution in [2.75, 3.05) is 13.1 Å². The van der Waals surface area contributed by atoms with Crippen LogP contribution in [0.3, 0.4) is 0 Å². The SMILES string of the molecule is C[C@@H](c1ccc2ccccc2c1)N1CCC(C(=O)NC2CC2)CC1. The van der Waals surface area contributed by atoms with Crippen molar-refractivity contribution in [2.24, 2.45) is 5.92 Å². The van der Waals surface area contributed by atoms with Crippen LogP contribution in [0.4, 0.5) is 0 Å². The number of likely N-dealkylation sites (tertiary alicyclic amines) is 1. The Labute approximate surface area is 144 Å². The number of nitrogens with zero attached hydrogens (tertiary/aromatic N) is 1. The molecule has 1 aliphatic heterocycles. The van der Waals surface area contributed by atoms with Crippen molar-refractivity contribution >= 4 is 16.7 Å². The lowest BCUT2D eigenvalue weighted by atomic mass is 9.93. The maximum atomic E-state index is 12.2. The Morgan fingerprint density at radius 2 is 1.75 bits per heavy atom. The Hall–Kier alpha value is -1.87. The van der Waals surface area contributed by atoms with Crippen LogP contribution >= 0.6 is 0 Å². The highest BCUT2D eigenvalue weighted by molar-refractivity contribution is 5.83. The van der Waals surface area contributed by atoms with Crippen LogP contribution in [-0.4, -0.2) is 29.9 Å². The predicted molar refractivity (Wildman–Crippen MR) is 97.8 cm³/mol. The number of carbonyl (C=O) groups is 1. The summed E-state index contributed by atoms with van der Waals surface area (Å²) < 4.78 is 0. The Kier molecular flexibility index (Phi) is 4.28. The molecule has 0 aromatic heterocycles. The summed E-state index contributed by atoms with van der Waals surface area (Å²) in [5.41, 5.74) is 1.37. The highest BCUT2D eigenvalue weighted by atomic mass is 16.2. The highest BCUT2D eigenvalue weighted by Crippen LogP contribution is 2.29. The van der Waals surface area contributed by atoms with Gasteiger partial charge < -0.3 is 5.32 Å². The molecule has 126 valence electrons. The number of nitrogens with one attached hydrogen (secondary N) is 1. The number of hydrogen-bond acceptors (Lipinski definition) is 2. The van der Waals surface area contributed by atoms with E-state index in [-0.39, 0.29) is 11.8 Å². The lowest BCUT2D eigenvalue weighted by Crippen LogP contribution is -2.41. The summed E-state index contributed by atoms with van der Waals surface area (Å²) in [4.78, 5) is 14.7. The molecule has 1 saturated heterocycles. The number of benzene rings is 2. The quantitative estimate of drug-likeness (QED) is 0.926. The molecule has 1 saturated carbocycles. The van der Waals surface area contributed by atoms with Crippen molar-refractivity contribution in [1.82, 2.24) is 10.2 Å². The Balaban J connectivity index is 1.39. The highest BCUT2D eigenvalue weighted by Gasteiger charge is 2.31. The smallest absolute Gasteiger partial charge is 0.223 e. The van der Waals surface area contributed by atoms with Crippen molar-refractivity contribution < 1.29 is 4.79 Å². The van der Waals surface area contributed by atoms with Crippen LogP contribution in [-0.2, 0) is 4.79 Å². The second kappa shape index (κ2) is 6.56. The molecule has 1 amide bonds. The van der Waals surface area contributed by atoms with E-state index in [1.54, 1.807) is 0 Å². The monoisotopic (exact) mass is 322 g/mol. The molecule has 0 radical (unpaired) electrons. The molecule has 0 bridgehead atoms. The molecule has 3 heteroatoms. The zero-order valence-corrected chi connectivity index (χ0v) is 14.4. The zero-order chi connectivity index (χ0) is 16.5. The van der Waals surface area contributed by atoms with E-state index < -0.39 is 0 Å². The molecular formula is C21H26N2O. The van der Waals surface area contributed by atoms with Crippen LogP contribution in [0.1, 0.15) is 44.2 Å². The van der Waals surface area contributed by atoms with Gasteiger partial charge in [0.2, 0.25) is 5.91 Å². The van der Waals surface area contributed by atoms with Gasteiger partial charge in [0.15, 0.2) is 0 Å². The van der Waals surface area contributed by atoms with Crippen molar-refractivity contribution in [1.29, 1.82) is 0 Å². The summed E-state index contributed by atoms with van der Waals surface area (Å²) in [6.07, 6.45) is 4.31. The van der Waals surface area contributed by atoms with E-state index in [1.165, 1.54) is 29.2 Å². The molecule has 1 aliphatic carbocycles. The number of hydrogen-bond donors (Lipinski definition) is 1. The van der Waals surface area contributed by atoms with E-state index in [1.807, 2.05) is 0 Å². The number of amides is 1. The molecule has 0 spiro atoms. The van der Waals surface area contributed by atoms with Crippen molar-refractivity contribution in [2.45, 2.75) is 44.7 Å². The van der Waals surface area contributed by atoms with Gasteiger partial charge in [0, 0.05) is 18.0 Å². The summed E-state index contributed by atoms with van der Waals surface area (Å²) in [7, 11) is 0. The minimum atomic E-state index is 0.214. The van der Waals surface area contributed by atoms with Crippen LogP contribution in [0, 0.1) is 5.92 Å². The van der Waals surface area contributed by atoms with Gasteiger partial charge in [-0.05, 0) is 68.1 Å². The van der Waals surface area contributed by atoms with Gasteiger partial charge in [0.1, 0.15) is 0 Å². The zero-order valence-electron chi connectivity index (χ0n) is 14.4. The second-order valence-corrected chi connectivity index (χ2v) is 7.38. The van der Waals surface area contributed by atoms with Gasteiger partial charge in [-0.25, -0.2) is 0 Å². The standard InChI is InChI=1S/C21H26N2O/c1-15(18-7-6-16-4-2-3-5-19(16)14-18)23-12-10-17(11-13-23)21(24)22-20-8-9-20/h2-7,14-15,17,20H,8-13H2,1H3,(H,22,24)/t15-/m0/s1. The summed E-state index contributed by atoms with van der Waals surface area (Å²) in [5.74, 6) is 0.501.